The third-order valence-electron chi connectivity index (χ3n) is 3.04. The molecule has 0 fully saturated rings. The number of hydrogen-bond acceptors (Lipinski definition) is 5. The molecule has 21 heavy (non-hydrogen) atoms. The first-order valence-electron chi connectivity index (χ1n) is 6.36. The Hall–Kier alpha value is -3.15. The highest BCUT2D eigenvalue weighted by atomic mass is 16.2. The van der Waals surface area contributed by atoms with Crippen LogP contribution in [0.25, 0.3) is 10.9 Å². The Balaban J connectivity index is 1.81. The van der Waals surface area contributed by atoms with Crippen molar-refractivity contribution in [3.63, 3.8) is 0 Å². The smallest absolute Gasteiger partial charge is 0.271 e. The molecule has 0 aliphatic carbocycles. The summed E-state index contributed by atoms with van der Waals surface area (Å²) < 4.78 is 0. The van der Waals surface area contributed by atoms with Crippen LogP contribution in [0, 0.1) is 0 Å². The van der Waals surface area contributed by atoms with Crippen LogP contribution in [0.2, 0.25) is 0 Å². The topological polar surface area (TPSA) is 92.9 Å². The maximum atomic E-state index is 12.1. The molecule has 0 aliphatic rings. The number of amides is 1. The highest BCUT2D eigenvalue weighted by Crippen LogP contribution is 2.17. The fourth-order valence-electron chi connectivity index (χ4n) is 1.99. The minimum atomic E-state index is -0.323. The zero-order valence-corrected chi connectivity index (χ0v) is 11.1. The monoisotopic (exact) mass is 279 g/mol. The largest absolute Gasteiger partial charge is 0.398 e. The van der Waals surface area contributed by atoms with Gasteiger partial charge in [-0.2, -0.15) is 0 Å². The zero-order valence-electron chi connectivity index (χ0n) is 11.1. The van der Waals surface area contributed by atoms with Gasteiger partial charge in [-0.1, -0.05) is 24.3 Å². The van der Waals surface area contributed by atoms with Crippen molar-refractivity contribution >= 4 is 28.3 Å². The summed E-state index contributed by atoms with van der Waals surface area (Å²) in [7, 11) is 0. The minimum Gasteiger partial charge on any atom is -0.398 e. The molecule has 0 atom stereocenters. The number of aromatic nitrogens is 2. The van der Waals surface area contributed by atoms with Crippen molar-refractivity contribution in [2.24, 2.45) is 0 Å². The Morgan fingerprint density at radius 1 is 1.00 bits per heavy atom. The van der Waals surface area contributed by atoms with Crippen LogP contribution in [0.1, 0.15) is 10.4 Å². The minimum absolute atomic E-state index is 0.323. The molecule has 0 aliphatic heterocycles. The maximum absolute atomic E-state index is 12.1. The lowest BCUT2D eigenvalue weighted by atomic mass is 10.2. The number of carbonyl (C=O) groups is 1. The van der Waals surface area contributed by atoms with Crippen LogP contribution in [0.3, 0.4) is 0 Å². The average molecular weight is 279 g/mol. The predicted octanol–water partition coefficient (Wildman–Crippen LogP) is 1.97. The van der Waals surface area contributed by atoms with E-state index in [1.165, 1.54) is 6.33 Å². The molecule has 0 saturated heterocycles. The lowest BCUT2D eigenvalue weighted by molar-refractivity contribution is 0.0963. The molecule has 0 spiro atoms. The Kier molecular flexibility index (Phi) is 3.34. The molecule has 0 bridgehead atoms. The molecule has 3 aromatic rings. The lowest BCUT2D eigenvalue weighted by Crippen LogP contribution is -2.30. The molecule has 1 heterocycles. The van der Waals surface area contributed by atoms with E-state index in [4.69, 9.17) is 5.73 Å². The van der Waals surface area contributed by atoms with Gasteiger partial charge in [-0.3, -0.25) is 15.6 Å². The Labute approximate surface area is 121 Å². The van der Waals surface area contributed by atoms with E-state index >= 15 is 0 Å². The molecule has 6 nitrogen and oxygen atoms in total. The fourth-order valence-corrected chi connectivity index (χ4v) is 1.99. The van der Waals surface area contributed by atoms with Crippen LogP contribution in [-0.4, -0.2) is 15.9 Å². The van der Waals surface area contributed by atoms with E-state index in [0.717, 1.165) is 10.9 Å². The van der Waals surface area contributed by atoms with Gasteiger partial charge >= 0.3 is 0 Å². The summed E-state index contributed by atoms with van der Waals surface area (Å²) in [5.74, 6) is 0.208. The summed E-state index contributed by atoms with van der Waals surface area (Å²) in [6.45, 7) is 0. The first kappa shape index (κ1) is 12.9. The van der Waals surface area contributed by atoms with E-state index in [2.05, 4.69) is 20.8 Å². The fraction of sp³-hybridized carbons (Fsp3) is 0. The Morgan fingerprint density at radius 3 is 2.62 bits per heavy atom. The number of nitrogens with one attached hydrogen (secondary N) is 2. The molecule has 2 aromatic carbocycles. The van der Waals surface area contributed by atoms with Crippen LogP contribution in [0.15, 0.2) is 54.9 Å². The van der Waals surface area contributed by atoms with Crippen LogP contribution in [-0.2, 0) is 0 Å². The Morgan fingerprint density at radius 2 is 1.76 bits per heavy atom. The van der Waals surface area contributed by atoms with Crippen LogP contribution in [0.4, 0.5) is 11.5 Å². The predicted molar refractivity (Wildman–Crippen MR) is 81.5 cm³/mol. The van der Waals surface area contributed by atoms with Crippen molar-refractivity contribution in [2.75, 3.05) is 11.2 Å². The Bertz CT molecular complexity index is 797. The van der Waals surface area contributed by atoms with Crippen molar-refractivity contribution in [1.82, 2.24) is 15.4 Å². The summed E-state index contributed by atoms with van der Waals surface area (Å²) >= 11 is 0. The third-order valence-corrected chi connectivity index (χ3v) is 3.04. The number of nitrogens with two attached hydrogens (primary N) is 1. The van der Waals surface area contributed by atoms with Gasteiger partial charge in [0.05, 0.1) is 11.1 Å². The van der Waals surface area contributed by atoms with E-state index in [1.807, 2.05) is 24.3 Å². The number of anilines is 2. The average Bonchev–Trinajstić information content (AvgIpc) is 2.53. The van der Waals surface area contributed by atoms with Crippen molar-refractivity contribution < 1.29 is 4.79 Å². The number of rotatable bonds is 3. The summed E-state index contributed by atoms with van der Waals surface area (Å²) in [5.41, 5.74) is 12.8. The van der Waals surface area contributed by atoms with E-state index in [1.54, 1.807) is 24.3 Å². The van der Waals surface area contributed by atoms with Crippen molar-refractivity contribution in [3.05, 3.63) is 60.4 Å². The molecule has 1 aromatic heterocycles. The normalized spacial score (nSPS) is 10.3. The van der Waals surface area contributed by atoms with Gasteiger partial charge in [0.2, 0.25) is 0 Å². The third kappa shape index (κ3) is 2.59. The van der Waals surface area contributed by atoms with Gasteiger partial charge in [0.25, 0.3) is 5.91 Å². The molecular weight excluding hydrogens is 266 g/mol. The first-order valence-corrected chi connectivity index (χ1v) is 6.36. The number of nitrogens with zero attached hydrogens (tertiary/aromatic N) is 2. The first-order chi connectivity index (χ1) is 10.3. The van der Waals surface area contributed by atoms with E-state index < -0.39 is 0 Å². The number of fused-ring (bicyclic) bond motifs is 1. The van der Waals surface area contributed by atoms with E-state index in [-0.39, 0.29) is 5.91 Å². The number of hydrogen-bond donors (Lipinski definition) is 3. The second kappa shape index (κ2) is 5.46. The number of benzene rings is 2. The van der Waals surface area contributed by atoms with E-state index in [0.29, 0.717) is 17.1 Å². The molecule has 104 valence electrons. The lowest BCUT2D eigenvalue weighted by Gasteiger charge is -2.10. The summed E-state index contributed by atoms with van der Waals surface area (Å²) in [6, 6.07) is 14.4. The molecule has 4 N–H and O–H groups in total. The highest BCUT2D eigenvalue weighted by Gasteiger charge is 2.09. The van der Waals surface area contributed by atoms with Crippen LogP contribution < -0.4 is 16.6 Å². The number of carbonyl (C=O) groups excluding carboxylic acids is 1. The van der Waals surface area contributed by atoms with Gasteiger partial charge in [-0.15, -0.1) is 0 Å². The maximum Gasteiger partial charge on any atom is 0.271 e. The summed E-state index contributed by atoms with van der Waals surface area (Å²) in [6.07, 6.45) is 1.44. The van der Waals surface area contributed by atoms with Gasteiger partial charge in [0.15, 0.2) is 5.82 Å². The second-order valence-electron chi connectivity index (χ2n) is 4.41. The summed E-state index contributed by atoms with van der Waals surface area (Å²) in [5, 5.41) is 0.821. The summed E-state index contributed by atoms with van der Waals surface area (Å²) in [4.78, 5) is 20.4. The molecule has 0 saturated carbocycles. The van der Waals surface area contributed by atoms with Crippen LogP contribution >= 0.6 is 0 Å². The van der Waals surface area contributed by atoms with Crippen molar-refractivity contribution in [3.8, 4) is 0 Å². The second-order valence-corrected chi connectivity index (χ2v) is 4.41. The van der Waals surface area contributed by atoms with Gasteiger partial charge < -0.3 is 5.73 Å². The number of nitrogen functional groups attached to an aromatic ring is 1. The number of hydrazine groups is 1. The molecule has 3 rings (SSSR count). The molecule has 1 amide bonds. The molecular formula is C15H13N5O. The van der Waals surface area contributed by atoms with Crippen molar-refractivity contribution in [1.29, 1.82) is 0 Å². The SMILES string of the molecule is Nc1ccccc1C(=O)NNc1ncnc2ccccc12. The highest BCUT2D eigenvalue weighted by molar-refractivity contribution is 6.00. The van der Waals surface area contributed by atoms with Gasteiger partial charge in [0.1, 0.15) is 6.33 Å². The van der Waals surface area contributed by atoms with E-state index in [9.17, 15) is 4.79 Å². The standard InChI is InChI=1S/C15H13N5O/c16-12-7-3-1-5-10(12)15(21)20-19-14-11-6-2-4-8-13(11)17-9-18-14/h1-9H,16H2,(H,20,21)(H,17,18,19). The van der Waals surface area contributed by atoms with Crippen molar-refractivity contribution in [2.45, 2.75) is 0 Å². The van der Waals surface area contributed by atoms with Gasteiger partial charge in [-0.05, 0) is 24.3 Å². The van der Waals surface area contributed by atoms with Gasteiger partial charge in [-0.25, -0.2) is 9.97 Å². The van der Waals surface area contributed by atoms with Crippen LogP contribution in [0.5, 0.6) is 0 Å². The molecule has 6 heteroatoms. The van der Waals surface area contributed by atoms with Gasteiger partial charge in [0, 0.05) is 11.1 Å². The molecule has 0 unspecified atom stereocenters. The zero-order chi connectivity index (χ0) is 14.7. The number of para-hydroxylation sites is 2. The quantitative estimate of drug-likeness (QED) is 0.503. The molecule has 0 radical (unpaired) electrons.